The Labute approximate surface area is 282 Å². The SMILES string of the molecule is CCNC(=O)CCCCCN1CC[C@@H](C(=O)CCCO[C@@H]2O[C@@H](C)[C@@H](O)[C@@H](O)[C@@H]2O)[C@@H](C(=O)NCCO[C@@H]2O[C@@H](C)[C@@H](O)[C@@H](O)[C@@H]2O)C1. The van der Waals surface area contributed by atoms with Crippen molar-refractivity contribution in [1.29, 1.82) is 0 Å². The smallest absolute Gasteiger partial charge is 0.225 e. The summed E-state index contributed by atoms with van der Waals surface area (Å²) in [5.41, 5.74) is 0. The summed E-state index contributed by atoms with van der Waals surface area (Å²) in [7, 11) is 0. The number of ether oxygens (including phenoxy) is 4. The number of carbonyl (C=O) groups is 3. The molecule has 3 fully saturated rings. The van der Waals surface area contributed by atoms with Gasteiger partial charge in [0, 0.05) is 38.4 Å². The summed E-state index contributed by atoms with van der Waals surface area (Å²) in [4.78, 5) is 40.7. The van der Waals surface area contributed by atoms with Crippen molar-refractivity contribution in [2.45, 2.75) is 127 Å². The summed E-state index contributed by atoms with van der Waals surface area (Å²) in [6.45, 7) is 7.40. The van der Waals surface area contributed by atoms with E-state index in [9.17, 15) is 45.0 Å². The zero-order valence-electron chi connectivity index (χ0n) is 28.3. The summed E-state index contributed by atoms with van der Waals surface area (Å²) in [6.07, 6.45) is -8.21. The molecule has 0 aromatic rings. The van der Waals surface area contributed by atoms with Gasteiger partial charge in [0.05, 0.1) is 31.3 Å². The number of likely N-dealkylation sites (tertiary alicyclic amines) is 1. The highest BCUT2D eigenvalue weighted by atomic mass is 16.7. The number of ketones is 1. The summed E-state index contributed by atoms with van der Waals surface area (Å²) < 4.78 is 22.0. The van der Waals surface area contributed by atoms with Gasteiger partial charge in [-0.1, -0.05) is 6.42 Å². The summed E-state index contributed by atoms with van der Waals surface area (Å²) >= 11 is 0. The second-order valence-electron chi connectivity index (χ2n) is 13.0. The summed E-state index contributed by atoms with van der Waals surface area (Å²) in [5, 5.41) is 65.7. The Hall–Kier alpha value is -1.83. The Balaban J connectivity index is 1.50. The normalized spacial score (nSPS) is 36.0. The average molecular weight is 692 g/mol. The number of amides is 2. The molecule has 2 amide bonds. The van der Waals surface area contributed by atoms with E-state index in [2.05, 4.69) is 15.5 Å². The van der Waals surface area contributed by atoms with Crippen molar-refractivity contribution < 1.29 is 64.0 Å². The van der Waals surface area contributed by atoms with Crippen molar-refractivity contribution in [2.75, 3.05) is 45.9 Å². The second kappa shape index (κ2) is 20.1. The van der Waals surface area contributed by atoms with Crippen molar-refractivity contribution in [3.63, 3.8) is 0 Å². The molecule has 3 saturated heterocycles. The molecule has 3 aliphatic rings. The van der Waals surface area contributed by atoms with Gasteiger partial charge in [-0.15, -0.1) is 0 Å². The molecule has 16 nitrogen and oxygen atoms in total. The van der Waals surface area contributed by atoms with E-state index < -0.39 is 73.2 Å². The summed E-state index contributed by atoms with van der Waals surface area (Å²) in [5.74, 6) is -1.54. The number of nitrogens with zero attached hydrogens (tertiary/aromatic N) is 1. The lowest BCUT2D eigenvalue weighted by atomic mass is 9.80. The number of aliphatic hydroxyl groups excluding tert-OH is 6. The third-order valence-electron chi connectivity index (χ3n) is 9.35. The highest BCUT2D eigenvalue weighted by Gasteiger charge is 2.44. The standard InChI is InChI=1S/C32H57N3O13/c1-4-33-23(37)10-6-5-7-13-35-14-11-20(22(36)9-8-15-45-31-28(42)26(40)24(38)18(2)47-31)21(17-35)30(44)34-12-16-46-32-29(43)27(41)25(39)19(3)48-32/h18-21,24-29,31-32,38-43H,4-17H2,1-3H3,(H,33,37)(H,34,44)/t18-,19-,20+,21-,24+,25+,26+,27+,28-,29-,31+,32+/m0/s1. The lowest BCUT2D eigenvalue weighted by Gasteiger charge is -2.39. The monoisotopic (exact) mass is 691 g/mol. The van der Waals surface area contributed by atoms with Crippen molar-refractivity contribution >= 4 is 17.6 Å². The molecule has 0 aromatic carbocycles. The van der Waals surface area contributed by atoms with Crippen molar-refractivity contribution in [2.24, 2.45) is 11.8 Å². The van der Waals surface area contributed by atoms with Crippen LogP contribution in [0.3, 0.4) is 0 Å². The minimum atomic E-state index is -1.46. The van der Waals surface area contributed by atoms with Crippen LogP contribution in [0.2, 0.25) is 0 Å². The molecule has 0 unspecified atom stereocenters. The number of piperidine rings is 1. The number of Topliss-reactive ketones (excluding diaryl/α,β-unsaturated/α-hetero) is 1. The molecular formula is C32H57N3O13. The topological polar surface area (TPSA) is 237 Å². The number of carbonyl (C=O) groups excluding carboxylic acids is 3. The van der Waals surface area contributed by atoms with E-state index in [1.807, 2.05) is 6.92 Å². The number of aliphatic hydroxyl groups is 6. The fourth-order valence-electron chi connectivity index (χ4n) is 6.37. The zero-order valence-corrected chi connectivity index (χ0v) is 28.3. The molecule has 0 saturated carbocycles. The van der Waals surface area contributed by atoms with Gasteiger partial charge in [-0.3, -0.25) is 14.4 Å². The number of rotatable bonds is 18. The van der Waals surface area contributed by atoms with Crippen molar-refractivity contribution in [1.82, 2.24) is 15.5 Å². The molecule has 0 aromatic heterocycles. The lowest BCUT2D eigenvalue weighted by Crippen LogP contribution is -2.57. The van der Waals surface area contributed by atoms with Crippen molar-refractivity contribution in [3.8, 4) is 0 Å². The molecule has 0 aliphatic carbocycles. The molecule has 12 atom stereocenters. The van der Waals surface area contributed by atoms with E-state index in [-0.39, 0.29) is 43.8 Å². The highest BCUT2D eigenvalue weighted by molar-refractivity contribution is 5.89. The van der Waals surface area contributed by atoms with E-state index in [0.717, 1.165) is 25.8 Å². The molecule has 8 N–H and O–H groups in total. The van der Waals surface area contributed by atoms with Gasteiger partial charge in [0.2, 0.25) is 11.8 Å². The van der Waals surface area contributed by atoms with Gasteiger partial charge in [-0.05, 0) is 59.5 Å². The van der Waals surface area contributed by atoms with E-state index in [1.165, 1.54) is 0 Å². The maximum atomic E-state index is 13.4. The van der Waals surface area contributed by atoms with E-state index in [4.69, 9.17) is 18.9 Å². The Kier molecular flexibility index (Phi) is 17.0. The van der Waals surface area contributed by atoms with Crippen LogP contribution in [0.1, 0.15) is 65.7 Å². The van der Waals surface area contributed by atoms with Gasteiger partial charge in [0.1, 0.15) is 42.4 Å². The average Bonchev–Trinajstić information content (AvgIpc) is 3.07. The third kappa shape index (κ3) is 11.6. The molecule has 0 spiro atoms. The predicted octanol–water partition coefficient (Wildman–Crippen LogP) is -2.23. The van der Waals surface area contributed by atoms with Crippen molar-refractivity contribution in [3.05, 3.63) is 0 Å². The van der Waals surface area contributed by atoms with Gasteiger partial charge in [0.15, 0.2) is 12.6 Å². The van der Waals surface area contributed by atoms with Crippen LogP contribution >= 0.6 is 0 Å². The Morgan fingerprint density at radius 3 is 1.94 bits per heavy atom. The molecule has 48 heavy (non-hydrogen) atoms. The number of hydrogen-bond acceptors (Lipinski definition) is 14. The first-order chi connectivity index (χ1) is 22.8. The fraction of sp³-hybridized carbons (Fsp3) is 0.906. The van der Waals surface area contributed by atoms with Gasteiger partial charge in [0.25, 0.3) is 0 Å². The maximum Gasteiger partial charge on any atom is 0.225 e. The van der Waals surface area contributed by atoms with Crippen LogP contribution in [0.25, 0.3) is 0 Å². The minimum absolute atomic E-state index is 0.0316. The molecule has 3 rings (SSSR count). The first-order valence-electron chi connectivity index (χ1n) is 17.3. The number of unbranched alkanes of at least 4 members (excludes halogenated alkanes) is 2. The van der Waals surface area contributed by atoms with Gasteiger partial charge in [-0.2, -0.15) is 0 Å². The number of nitrogens with one attached hydrogen (secondary N) is 2. The quantitative estimate of drug-likeness (QED) is 0.0711. The third-order valence-corrected chi connectivity index (χ3v) is 9.35. The Bertz CT molecular complexity index is 1010. The van der Waals surface area contributed by atoms with Crippen LogP contribution in [0, 0.1) is 11.8 Å². The molecule has 0 bridgehead atoms. The predicted molar refractivity (Wildman–Crippen MR) is 169 cm³/mol. The van der Waals surface area contributed by atoms with Gasteiger partial charge in [-0.25, -0.2) is 0 Å². The van der Waals surface area contributed by atoms with Crippen LogP contribution < -0.4 is 10.6 Å². The van der Waals surface area contributed by atoms with E-state index in [0.29, 0.717) is 38.9 Å². The number of hydrogen-bond donors (Lipinski definition) is 8. The summed E-state index contributed by atoms with van der Waals surface area (Å²) in [6, 6.07) is 0. The minimum Gasteiger partial charge on any atom is -0.388 e. The maximum absolute atomic E-state index is 13.4. The first kappa shape index (κ1) is 40.6. The van der Waals surface area contributed by atoms with E-state index in [1.54, 1.807) is 13.8 Å². The van der Waals surface area contributed by atoms with Crippen LogP contribution in [-0.2, 0) is 33.3 Å². The Morgan fingerprint density at radius 1 is 0.729 bits per heavy atom. The van der Waals surface area contributed by atoms with Crippen LogP contribution in [-0.4, -0.2) is 160 Å². The lowest BCUT2D eigenvalue weighted by molar-refractivity contribution is -0.293. The highest BCUT2D eigenvalue weighted by Crippen LogP contribution is 2.28. The van der Waals surface area contributed by atoms with Gasteiger partial charge >= 0.3 is 0 Å². The van der Waals surface area contributed by atoms with Crippen LogP contribution in [0.4, 0.5) is 0 Å². The largest absolute Gasteiger partial charge is 0.388 e. The van der Waals surface area contributed by atoms with E-state index >= 15 is 0 Å². The van der Waals surface area contributed by atoms with Crippen LogP contribution in [0.5, 0.6) is 0 Å². The van der Waals surface area contributed by atoms with Gasteiger partial charge < -0.3 is 65.1 Å². The molecule has 278 valence electrons. The fourth-order valence-corrected chi connectivity index (χ4v) is 6.37. The Morgan fingerprint density at radius 2 is 1.33 bits per heavy atom. The molecule has 3 heterocycles. The second-order valence-corrected chi connectivity index (χ2v) is 13.0. The molecular weight excluding hydrogens is 634 g/mol. The molecule has 16 heteroatoms. The molecule has 3 aliphatic heterocycles. The molecule has 0 radical (unpaired) electrons. The zero-order chi connectivity index (χ0) is 35.4. The van der Waals surface area contributed by atoms with Crippen LogP contribution in [0.15, 0.2) is 0 Å². The first-order valence-corrected chi connectivity index (χ1v) is 17.3.